The second kappa shape index (κ2) is 9.88. The van der Waals surface area contributed by atoms with Crippen molar-refractivity contribution in [2.45, 2.75) is 33.2 Å². The Labute approximate surface area is 166 Å². The molecule has 0 spiro atoms. The first-order valence-electron chi connectivity index (χ1n) is 9.18. The third-order valence-electron chi connectivity index (χ3n) is 4.50. The predicted molar refractivity (Wildman–Crippen MR) is 109 cm³/mol. The molecule has 6 nitrogen and oxygen atoms in total. The van der Waals surface area contributed by atoms with Gasteiger partial charge in [-0.05, 0) is 42.2 Å². The van der Waals surface area contributed by atoms with Crippen LogP contribution in [0.4, 0.5) is 0 Å². The predicted octanol–water partition coefficient (Wildman–Crippen LogP) is 3.84. The number of amides is 1. The van der Waals surface area contributed by atoms with Crippen LogP contribution in [0.15, 0.2) is 30.3 Å². The molecular weight excluding hydrogens is 358 g/mol. The summed E-state index contributed by atoms with van der Waals surface area (Å²) in [6, 6.07) is 9.41. The van der Waals surface area contributed by atoms with Crippen LogP contribution in [-0.2, 0) is 11.3 Å². The summed E-state index contributed by atoms with van der Waals surface area (Å²) in [5.74, 6) is 2.67. The number of carbonyl (C=O) groups is 1. The molecule has 0 aliphatic heterocycles. The highest BCUT2D eigenvalue weighted by Gasteiger charge is 2.13. The number of hydrogen-bond acceptors (Lipinski definition) is 5. The van der Waals surface area contributed by atoms with Crippen molar-refractivity contribution >= 4 is 5.91 Å². The van der Waals surface area contributed by atoms with Crippen LogP contribution in [0.25, 0.3) is 0 Å². The van der Waals surface area contributed by atoms with Crippen LogP contribution in [0, 0.1) is 6.92 Å². The molecule has 0 aromatic heterocycles. The smallest absolute Gasteiger partial charge is 0.258 e. The number of rotatable bonds is 9. The van der Waals surface area contributed by atoms with Gasteiger partial charge in [0, 0.05) is 18.2 Å². The first-order chi connectivity index (χ1) is 13.4. The Kier molecular flexibility index (Phi) is 7.55. The summed E-state index contributed by atoms with van der Waals surface area (Å²) >= 11 is 0. The summed E-state index contributed by atoms with van der Waals surface area (Å²) in [6.07, 6.45) is 0. The zero-order valence-corrected chi connectivity index (χ0v) is 17.4. The lowest BCUT2D eigenvalue weighted by atomic mass is 9.98. The van der Waals surface area contributed by atoms with Crippen LogP contribution in [0.2, 0.25) is 0 Å². The van der Waals surface area contributed by atoms with Gasteiger partial charge in [-0.15, -0.1) is 0 Å². The van der Waals surface area contributed by atoms with E-state index in [1.165, 1.54) is 5.56 Å². The van der Waals surface area contributed by atoms with E-state index in [1.54, 1.807) is 33.5 Å². The van der Waals surface area contributed by atoms with Gasteiger partial charge in [0.05, 0.1) is 21.3 Å². The van der Waals surface area contributed by atoms with E-state index in [4.69, 9.17) is 18.9 Å². The van der Waals surface area contributed by atoms with E-state index < -0.39 is 0 Å². The second-order valence-corrected chi connectivity index (χ2v) is 6.76. The molecule has 1 N–H and O–H groups in total. The fourth-order valence-electron chi connectivity index (χ4n) is 3.01. The quantitative estimate of drug-likeness (QED) is 0.708. The largest absolute Gasteiger partial charge is 0.496 e. The molecule has 0 aliphatic rings. The van der Waals surface area contributed by atoms with Gasteiger partial charge in [-0.1, -0.05) is 19.9 Å². The molecule has 0 saturated carbocycles. The Morgan fingerprint density at radius 2 is 1.61 bits per heavy atom. The minimum Gasteiger partial charge on any atom is -0.496 e. The fraction of sp³-hybridized carbons (Fsp3) is 0.409. The molecule has 0 bridgehead atoms. The van der Waals surface area contributed by atoms with Crippen LogP contribution in [0.1, 0.15) is 36.5 Å². The summed E-state index contributed by atoms with van der Waals surface area (Å²) in [5, 5.41) is 2.84. The number of ether oxygens (including phenoxy) is 4. The van der Waals surface area contributed by atoms with Gasteiger partial charge >= 0.3 is 0 Å². The number of hydrogen-bond donors (Lipinski definition) is 1. The topological polar surface area (TPSA) is 66.0 Å². The van der Waals surface area contributed by atoms with Gasteiger partial charge in [0.1, 0.15) is 11.5 Å². The molecule has 2 aromatic rings. The van der Waals surface area contributed by atoms with Crippen LogP contribution >= 0.6 is 0 Å². The van der Waals surface area contributed by atoms with E-state index in [0.29, 0.717) is 28.9 Å². The lowest BCUT2D eigenvalue weighted by Crippen LogP contribution is -2.28. The summed E-state index contributed by atoms with van der Waals surface area (Å²) in [5.41, 5.74) is 3.21. The van der Waals surface area contributed by atoms with Crippen molar-refractivity contribution in [3.63, 3.8) is 0 Å². The number of nitrogens with one attached hydrogen (secondary N) is 1. The normalized spacial score (nSPS) is 10.5. The molecule has 0 fully saturated rings. The van der Waals surface area contributed by atoms with Crippen molar-refractivity contribution < 1.29 is 23.7 Å². The molecule has 2 rings (SSSR count). The highest BCUT2D eigenvalue weighted by Crippen LogP contribution is 2.34. The van der Waals surface area contributed by atoms with Crippen molar-refractivity contribution in [1.29, 1.82) is 0 Å². The Morgan fingerprint density at radius 1 is 0.964 bits per heavy atom. The lowest BCUT2D eigenvalue weighted by Gasteiger charge is -2.15. The molecule has 0 atom stereocenters. The van der Waals surface area contributed by atoms with E-state index >= 15 is 0 Å². The van der Waals surface area contributed by atoms with Gasteiger partial charge in [0.25, 0.3) is 5.91 Å². The molecule has 0 radical (unpaired) electrons. The SMILES string of the molecule is COc1cc(OC)c(OC)cc1CNC(=O)COc1ccc(C(C)C)c(C)c1. The zero-order valence-electron chi connectivity index (χ0n) is 17.4. The highest BCUT2D eigenvalue weighted by atomic mass is 16.5. The van der Waals surface area contributed by atoms with E-state index in [0.717, 1.165) is 11.1 Å². The number of carbonyl (C=O) groups excluding carboxylic acids is 1. The molecule has 6 heteroatoms. The molecule has 2 aromatic carbocycles. The van der Waals surface area contributed by atoms with Gasteiger partial charge < -0.3 is 24.3 Å². The highest BCUT2D eigenvalue weighted by molar-refractivity contribution is 5.77. The Bertz CT molecular complexity index is 817. The Morgan fingerprint density at radius 3 is 2.18 bits per heavy atom. The average molecular weight is 387 g/mol. The average Bonchev–Trinajstić information content (AvgIpc) is 2.69. The van der Waals surface area contributed by atoms with Crippen LogP contribution in [0.3, 0.4) is 0 Å². The molecule has 28 heavy (non-hydrogen) atoms. The van der Waals surface area contributed by atoms with Gasteiger partial charge in [-0.3, -0.25) is 4.79 Å². The number of benzene rings is 2. The lowest BCUT2D eigenvalue weighted by molar-refractivity contribution is -0.123. The molecule has 152 valence electrons. The Hall–Kier alpha value is -2.89. The minimum atomic E-state index is -0.220. The van der Waals surface area contributed by atoms with Gasteiger partial charge in [0.15, 0.2) is 18.1 Å². The standard InChI is InChI=1S/C22H29NO5/c1-14(2)18-8-7-17(9-15(18)3)28-13-22(24)23-12-16-10-20(26-5)21(27-6)11-19(16)25-4/h7-11,14H,12-13H2,1-6H3,(H,23,24). The maximum Gasteiger partial charge on any atom is 0.258 e. The van der Waals surface area contributed by atoms with Crippen molar-refractivity contribution in [3.05, 3.63) is 47.0 Å². The van der Waals surface area contributed by atoms with E-state index in [2.05, 4.69) is 19.2 Å². The summed E-state index contributed by atoms with van der Waals surface area (Å²) in [7, 11) is 4.69. The molecule has 0 heterocycles. The first kappa shape index (κ1) is 21.4. The summed E-state index contributed by atoms with van der Waals surface area (Å²) in [4.78, 5) is 12.2. The molecule has 0 aliphatic carbocycles. The monoisotopic (exact) mass is 387 g/mol. The van der Waals surface area contributed by atoms with E-state index in [-0.39, 0.29) is 19.1 Å². The Balaban J connectivity index is 1.96. The third kappa shape index (κ3) is 5.31. The zero-order chi connectivity index (χ0) is 20.7. The minimum absolute atomic E-state index is 0.0595. The van der Waals surface area contributed by atoms with Crippen LogP contribution < -0.4 is 24.3 Å². The van der Waals surface area contributed by atoms with E-state index in [9.17, 15) is 4.79 Å². The second-order valence-electron chi connectivity index (χ2n) is 6.76. The van der Waals surface area contributed by atoms with Gasteiger partial charge in [-0.2, -0.15) is 0 Å². The maximum atomic E-state index is 12.2. The van der Waals surface area contributed by atoms with Gasteiger partial charge in [-0.25, -0.2) is 0 Å². The molecular formula is C22H29NO5. The maximum absolute atomic E-state index is 12.2. The summed E-state index contributed by atoms with van der Waals surface area (Å²) in [6.45, 7) is 6.58. The van der Waals surface area contributed by atoms with Crippen molar-refractivity contribution in [1.82, 2.24) is 5.32 Å². The summed E-state index contributed by atoms with van der Waals surface area (Å²) < 4.78 is 21.6. The molecule has 0 saturated heterocycles. The number of aryl methyl sites for hydroxylation is 1. The number of methoxy groups -OCH3 is 3. The van der Waals surface area contributed by atoms with Crippen molar-refractivity contribution in [2.75, 3.05) is 27.9 Å². The molecule has 0 unspecified atom stereocenters. The molecule has 1 amide bonds. The van der Waals surface area contributed by atoms with Crippen molar-refractivity contribution in [2.24, 2.45) is 0 Å². The third-order valence-corrected chi connectivity index (χ3v) is 4.50. The fourth-order valence-corrected chi connectivity index (χ4v) is 3.01. The van der Waals surface area contributed by atoms with Crippen LogP contribution in [-0.4, -0.2) is 33.8 Å². The first-order valence-corrected chi connectivity index (χ1v) is 9.18. The van der Waals surface area contributed by atoms with Crippen molar-refractivity contribution in [3.8, 4) is 23.0 Å². The van der Waals surface area contributed by atoms with E-state index in [1.807, 2.05) is 25.1 Å². The van der Waals surface area contributed by atoms with Gasteiger partial charge in [0.2, 0.25) is 0 Å². The van der Waals surface area contributed by atoms with Crippen LogP contribution in [0.5, 0.6) is 23.0 Å².